The first-order valence-corrected chi connectivity index (χ1v) is 8.64. The Labute approximate surface area is 145 Å². The lowest BCUT2D eigenvalue weighted by atomic mass is 10.00. The van der Waals surface area contributed by atoms with Crippen molar-refractivity contribution in [2.45, 2.75) is 66.0 Å². The van der Waals surface area contributed by atoms with Crippen LogP contribution >= 0.6 is 0 Å². The number of imide groups is 1. The third-order valence-electron chi connectivity index (χ3n) is 4.15. The van der Waals surface area contributed by atoms with Crippen molar-refractivity contribution in [3.05, 3.63) is 11.6 Å². The lowest BCUT2D eigenvalue weighted by Gasteiger charge is -2.23. The number of amides is 2. The summed E-state index contributed by atoms with van der Waals surface area (Å²) in [4.78, 5) is 25.6. The largest absolute Gasteiger partial charge is 0.447 e. The minimum Gasteiger partial charge on any atom is -0.447 e. The van der Waals surface area contributed by atoms with Gasteiger partial charge in [0.2, 0.25) is 0 Å². The Morgan fingerprint density at radius 2 is 2.12 bits per heavy atom. The van der Waals surface area contributed by atoms with Crippen molar-refractivity contribution in [2.75, 3.05) is 6.61 Å². The van der Waals surface area contributed by atoms with E-state index >= 15 is 0 Å². The highest BCUT2D eigenvalue weighted by atomic mass is 16.6. The zero-order valence-corrected chi connectivity index (χ0v) is 15.3. The number of ether oxygens (including phenoxy) is 1. The van der Waals surface area contributed by atoms with Crippen molar-refractivity contribution < 1.29 is 19.4 Å². The number of aliphatic hydroxyl groups is 1. The molecule has 5 heteroatoms. The van der Waals surface area contributed by atoms with E-state index < -0.39 is 12.2 Å². The van der Waals surface area contributed by atoms with Crippen molar-refractivity contribution in [1.82, 2.24) is 4.90 Å². The molecule has 0 radical (unpaired) electrons. The zero-order chi connectivity index (χ0) is 18.3. The van der Waals surface area contributed by atoms with Crippen LogP contribution in [-0.2, 0) is 9.53 Å². The molecule has 1 aliphatic heterocycles. The summed E-state index contributed by atoms with van der Waals surface area (Å²) in [5.74, 6) is 5.23. The van der Waals surface area contributed by atoms with Gasteiger partial charge in [-0.15, -0.1) is 5.92 Å². The number of rotatable bonds is 6. The van der Waals surface area contributed by atoms with Crippen LogP contribution in [0.5, 0.6) is 0 Å². The van der Waals surface area contributed by atoms with Gasteiger partial charge in [-0.05, 0) is 19.3 Å². The molecule has 1 N–H and O–H groups in total. The third-order valence-corrected chi connectivity index (χ3v) is 4.15. The predicted octanol–water partition coefficient (Wildman–Crippen LogP) is 3.13. The lowest BCUT2D eigenvalue weighted by molar-refractivity contribution is -0.125. The highest BCUT2D eigenvalue weighted by molar-refractivity contribution is 6.03. The smallest absolute Gasteiger partial charge is 0.417 e. The number of nitrogens with zero attached hydrogens (tertiary/aromatic N) is 1. The van der Waals surface area contributed by atoms with Crippen LogP contribution in [0.4, 0.5) is 4.79 Å². The maximum atomic E-state index is 12.6. The van der Waals surface area contributed by atoms with Crippen LogP contribution < -0.4 is 0 Å². The van der Waals surface area contributed by atoms with E-state index in [0.717, 1.165) is 19.3 Å². The van der Waals surface area contributed by atoms with Gasteiger partial charge in [-0.1, -0.05) is 46.1 Å². The Morgan fingerprint density at radius 3 is 2.71 bits per heavy atom. The molecule has 5 nitrogen and oxygen atoms in total. The molecule has 0 spiro atoms. The van der Waals surface area contributed by atoms with Gasteiger partial charge in [0, 0.05) is 17.9 Å². The average molecular weight is 335 g/mol. The number of carbonyl (C=O) groups excluding carboxylic acids is 2. The molecule has 1 saturated heterocycles. The molecule has 1 aliphatic rings. The highest BCUT2D eigenvalue weighted by Crippen LogP contribution is 2.22. The van der Waals surface area contributed by atoms with E-state index in [1.165, 1.54) is 4.90 Å². The van der Waals surface area contributed by atoms with E-state index in [1.807, 2.05) is 13.8 Å². The summed E-state index contributed by atoms with van der Waals surface area (Å²) in [6.07, 6.45) is 3.09. The van der Waals surface area contributed by atoms with Gasteiger partial charge in [0.1, 0.15) is 12.7 Å². The molecule has 0 saturated carbocycles. The fourth-order valence-corrected chi connectivity index (χ4v) is 2.48. The molecule has 1 fully saturated rings. The van der Waals surface area contributed by atoms with Crippen molar-refractivity contribution in [1.29, 1.82) is 0 Å². The molecule has 1 heterocycles. The van der Waals surface area contributed by atoms with Gasteiger partial charge in [-0.2, -0.15) is 0 Å². The molecule has 0 aromatic heterocycles. The summed E-state index contributed by atoms with van der Waals surface area (Å²) in [5, 5.41) is 10.1. The van der Waals surface area contributed by atoms with Crippen LogP contribution in [0.25, 0.3) is 0 Å². The quantitative estimate of drug-likeness (QED) is 0.460. The Balaban J connectivity index is 2.77. The first-order chi connectivity index (χ1) is 11.3. The third kappa shape index (κ3) is 5.38. The van der Waals surface area contributed by atoms with Gasteiger partial charge in [0.05, 0.1) is 6.04 Å². The normalized spacial score (nSPS) is 20.5. The van der Waals surface area contributed by atoms with Gasteiger partial charge in [-0.25, -0.2) is 9.69 Å². The first kappa shape index (κ1) is 20.2. The minimum absolute atomic E-state index is 0.126. The standard InChI is InChI=1S/C19H29NO4/c1-6-7-8-9-10-17(21)14(4)11-15(5)18(22)20-16(13(2)3)12-24-19(20)23/h11,13-14,16-17,21H,6-8,12H2,1-5H3/b15-11+/t14-,16+,17+/m0/s1. The SMILES string of the molecule is CCCCC#C[C@@H](O)[C@@H](C)/C=C(\C)C(=O)N1C(=O)OC[C@@H]1C(C)C. The summed E-state index contributed by atoms with van der Waals surface area (Å²) < 4.78 is 5.01. The second-order valence-corrected chi connectivity index (χ2v) is 6.64. The molecule has 2 amide bonds. The Bertz CT molecular complexity index is 541. The Kier molecular flexibility index (Phi) is 8.00. The van der Waals surface area contributed by atoms with E-state index in [1.54, 1.807) is 19.9 Å². The highest BCUT2D eigenvalue weighted by Gasteiger charge is 2.39. The topological polar surface area (TPSA) is 66.8 Å². The van der Waals surface area contributed by atoms with Gasteiger partial charge in [-0.3, -0.25) is 4.79 Å². The molecular weight excluding hydrogens is 306 g/mol. The minimum atomic E-state index is -0.823. The van der Waals surface area contributed by atoms with E-state index in [-0.39, 0.29) is 30.4 Å². The lowest BCUT2D eigenvalue weighted by Crippen LogP contribution is -2.42. The van der Waals surface area contributed by atoms with Gasteiger partial charge < -0.3 is 9.84 Å². The van der Waals surface area contributed by atoms with Crippen molar-refractivity contribution in [2.24, 2.45) is 11.8 Å². The maximum absolute atomic E-state index is 12.6. The molecule has 0 aliphatic carbocycles. The molecule has 0 aromatic rings. The van der Waals surface area contributed by atoms with Crippen LogP contribution in [0.1, 0.15) is 53.9 Å². The average Bonchev–Trinajstić information content (AvgIpc) is 2.92. The Morgan fingerprint density at radius 1 is 1.46 bits per heavy atom. The fourth-order valence-electron chi connectivity index (χ4n) is 2.48. The van der Waals surface area contributed by atoms with Crippen LogP contribution in [0.15, 0.2) is 11.6 Å². The van der Waals surface area contributed by atoms with Crippen LogP contribution in [-0.4, -0.2) is 40.8 Å². The van der Waals surface area contributed by atoms with Crippen molar-refractivity contribution in [3.8, 4) is 11.8 Å². The van der Waals surface area contributed by atoms with Crippen LogP contribution in [0.3, 0.4) is 0 Å². The first-order valence-electron chi connectivity index (χ1n) is 8.64. The summed E-state index contributed by atoms with van der Waals surface area (Å²) in [6, 6.07) is -0.248. The molecule has 0 aromatic carbocycles. The molecule has 134 valence electrons. The van der Waals surface area contributed by atoms with Gasteiger partial charge >= 0.3 is 6.09 Å². The fraction of sp³-hybridized carbons (Fsp3) is 0.684. The number of hydrogen-bond acceptors (Lipinski definition) is 4. The van der Waals surface area contributed by atoms with Gasteiger partial charge in [0.15, 0.2) is 0 Å². The van der Waals surface area contributed by atoms with E-state index in [2.05, 4.69) is 18.8 Å². The monoisotopic (exact) mass is 335 g/mol. The molecule has 24 heavy (non-hydrogen) atoms. The summed E-state index contributed by atoms with van der Waals surface area (Å²) in [6.45, 7) is 9.68. The van der Waals surface area contributed by atoms with E-state index in [9.17, 15) is 14.7 Å². The van der Waals surface area contributed by atoms with E-state index in [4.69, 9.17) is 4.74 Å². The summed E-state index contributed by atoms with van der Waals surface area (Å²) >= 11 is 0. The van der Waals surface area contributed by atoms with Crippen molar-refractivity contribution >= 4 is 12.0 Å². The van der Waals surface area contributed by atoms with Crippen LogP contribution in [0.2, 0.25) is 0 Å². The number of hydrogen-bond donors (Lipinski definition) is 1. The predicted molar refractivity (Wildman–Crippen MR) is 93.0 cm³/mol. The molecule has 0 bridgehead atoms. The molecular formula is C19H29NO4. The maximum Gasteiger partial charge on any atom is 0.417 e. The number of aliphatic hydroxyl groups excluding tert-OH is 1. The zero-order valence-electron chi connectivity index (χ0n) is 15.3. The molecule has 0 unspecified atom stereocenters. The molecule has 3 atom stereocenters. The van der Waals surface area contributed by atoms with Crippen LogP contribution in [0, 0.1) is 23.7 Å². The second kappa shape index (κ2) is 9.48. The summed E-state index contributed by atoms with van der Waals surface area (Å²) in [7, 11) is 0. The number of carbonyl (C=O) groups is 2. The van der Waals surface area contributed by atoms with Crippen molar-refractivity contribution in [3.63, 3.8) is 0 Å². The molecule has 1 rings (SSSR count). The number of cyclic esters (lactones) is 1. The number of unbranched alkanes of at least 4 members (excludes halogenated alkanes) is 2. The van der Waals surface area contributed by atoms with E-state index in [0.29, 0.717) is 5.57 Å². The summed E-state index contributed by atoms with van der Waals surface area (Å²) in [5.41, 5.74) is 0.418. The Hall–Kier alpha value is -1.80. The second-order valence-electron chi connectivity index (χ2n) is 6.64. The van der Waals surface area contributed by atoms with Gasteiger partial charge in [0.25, 0.3) is 5.91 Å².